The summed E-state index contributed by atoms with van der Waals surface area (Å²) in [6, 6.07) is 0. The Bertz CT molecular complexity index is 2720. The van der Waals surface area contributed by atoms with Crippen LogP contribution in [0.25, 0.3) is 72.1 Å². The smallest absolute Gasteiger partial charge is 0.116 e. The molecule has 0 N–H and O–H groups in total. The van der Waals surface area contributed by atoms with Gasteiger partial charge in [0.1, 0.15) is 11.0 Å². The van der Waals surface area contributed by atoms with E-state index in [0.717, 1.165) is 24.9 Å². The first-order valence-corrected chi connectivity index (χ1v) is 36.0. The van der Waals surface area contributed by atoms with Crippen molar-refractivity contribution in [3.63, 3.8) is 0 Å². The molecule has 9 heteroatoms. The Morgan fingerprint density at radius 1 is 0.347 bits per heavy atom. The molecule has 8 aromatic rings. The normalized spacial score (nSPS) is 14.2. The van der Waals surface area contributed by atoms with Crippen LogP contribution in [0.5, 0.6) is 0 Å². The molecule has 8 rings (SSSR count). The van der Waals surface area contributed by atoms with Crippen LogP contribution in [0.4, 0.5) is 0 Å². The summed E-state index contributed by atoms with van der Waals surface area (Å²) < 4.78 is 26.1. The third kappa shape index (κ3) is 14.1. The standard InChI is InChI=1S/C66H102N4S5/c1-9-17-25-29-37-47(33-21-13-5)41-51-45-71-65-59-63(73-61(51)65)53-55-56(68-75-67-55)54-58(57(53)69(59)43-49(35-23-15-7)39-31-27-19-11-3)70(44-50(36-24-16-8)40-32-28-20-12-4)60-64(54)74-62-52(46-72-66(60)62)42-48(34-22-14-6)38-30-26-18-10-2/h45-50H,9-44H2,1-8H3. The van der Waals surface area contributed by atoms with Crippen LogP contribution in [0, 0.1) is 23.7 Å². The van der Waals surface area contributed by atoms with E-state index in [2.05, 4.69) is 121 Å². The molecular weight excluding hydrogens is 1010 g/mol. The number of benzene rings is 1. The number of hydrogen-bond donors (Lipinski definition) is 0. The SMILES string of the molecule is CCCCCCC(CCCC)Cc1csc2c1sc1c3c4nsnc4c4c5sc6c(CC(CCCC)CCCCCC)csc6c5n(CC(CCCC)CCCCCC)c4c3n(CC(CCCC)CCCCCC)c21. The maximum Gasteiger partial charge on any atom is 0.116 e. The van der Waals surface area contributed by atoms with Gasteiger partial charge >= 0.3 is 0 Å². The van der Waals surface area contributed by atoms with E-state index in [9.17, 15) is 0 Å². The molecule has 0 saturated carbocycles. The van der Waals surface area contributed by atoms with Gasteiger partial charge in [0.05, 0.1) is 62.0 Å². The summed E-state index contributed by atoms with van der Waals surface area (Å²) in [5.74, 6) is 2.87. The summed E-state index contributed by atoms with van der Waals surface area (Å²) in [5, 5.41) is 8.07. The minimum Gasteiger partial charge on any atom is -0.337 e. The second kappa shape index (κ2) is 30.5. The van der Waals surface area contributed by atoms with Gasteiger partial charge in [-0.3, -0.25) is 0 Å². The van der Waals surface area contributed by atoms with Crippen LogP contribution >= 0.6 is 57.1 Å². The fourth-order valence-electron chi connectivity index (χ4n) is 13.4. The van der Waals surface area contributed by atoms with Crippen LogP contribution in [0.15, 0.2) is 10.8 Å². The highest BCUT2D eigenvalue weighted by atomic mass is 32.1. The van der Waals surface area contributed by atoms with Crippen molar-refractivity contribution >= 4 is 129 Å². The van der Waals surface area contributed by atoms with E-state index in [4.69, 9.17) is 8.75 Å². The van der Waals surface area contributed by atoms with Crippen molar-refractivity contribution in [2.45, 2.75) is 287 Å². The topological polar surface area (TPSA) is 35.6 Å². The van der Waals surface area contributed by atoms with Crippen LogP contribution < -0.4 is 0 Å². The molecular formula is C66H102N4S5. The Hall–Kier alpha value is -2.04. The Morgan fingerprint density at radius 2 is 0.667 bits per heavy atom. The summed E-state index contributed by atoms with van der Waals surface area (Å²) in [6.45, 7) is 21.2. The molecule has 416 valence electrons. The van der Waals surface area contributed by atoms with Crippen LogP contribution in [0.3, 0.4) is 0 Å². The lowest BCUT2D eigenvalue weighted by atomic mass is 9.90. The predicted octanol–water partition coefficient (Wildman–Crippen LogP) is 24.7. The fraction of sp³-hybridized carbons (Fsp3) is 0.727. The average molecular weight is 1110 g/mol. The number of nitrogens with zero attached hydrogens (tertiary/aromatic N) is 4. The van der Waals surface area contributed by atoms with Gasteiger partial charge in [-0.05, 0) is 84.1 Å². The minimum atomic E-state index is 0.658. The molecule has 0 saturated heterocycles. The van der Waals surface area contributed by atoms with E-state index in [-0.39, 0.29) is 0 Å². The van der Waals surface area contributed by atoms with Crippen LogP contribution in [-0.2, 0) is 25.9 Å². The predicted molar refractivity (Wildman–Crippen MR) is 344 cm³/mol. The number of rotatable bonds is 40. The zero-order chi connectivity index (χ0) is 52.5. The first-order chi connectivity index (χ1) is 36.9. The van der Waals surface area contributed by atoms with Gasteiger partial charge in [0.2, 0.25) is 0 Å². The fourth-order valence-corrected chi connectivity index (χ4v) is 19.3. The van der Waals surface area contributed by atoms with Gasteiger partial charge in [-0.15, -0.1) is 45.3 Å². The van der Waals surface area contributed by atoms with Gasteiger partial charge in [-0.1, -0.05) is 235 Å². The van der Waals surface area contributed by atoms with Crippen molar-refractivity contribution in [3.05, 3.63) is 21.9 Å². The minimum absolute atomic E-state index is 0.658. The Kier molecular flexibility index (Phi) is 24.0. The van der Waals surface area contributed by atoms with E-state index >= 15 is 0 Å². The van der Waals surface area contributed by atoms with Crippen LogP contribution in [0.1, 0.15) is 272 Å². The quantitative estimate of drug-likeness (QED) is 0.0359. The highest BCUT2D eigenvalue weighted by Gasteiger charge is 2.32. The number of aromatic nitrogens is 4. The number of thiophene rings is 4. The highest BCUT2D eigenvalue weighted by Crippen LogP contribution is 2.54. The van der Waals surface area contributed by atoms with Gasteiger partial charge in [0.25, 0.3) is 0 Å². The number of hydrogen-bond acceptors (Lipinski definition) is 7. The van der Waals surface area contributed by atoms with Gasteiger partial charge in [-0.25, -0.2) is 0 Å². The molecule has 1 aromatic carbocycles. The molecule has 0 aliphatic heterocycles. The van der Waals surface area contributed by atoms with Gasteiger partial charge in [0, 0.05) is 23.9 Å². The third-order valence-electron chi connectivity index (χ3n) is 17.7. The second-order valence-corrected chi connectivity index (χ2v) is 28.2. The monoisotopic (exact) mass is 1110 g/mol. The molecule has 7 heterocycles. The van der Waals surface area contributed by atoms with Crippen molar-refractivity contribution in [3.8, 4) is 0 Å². The molecule has 4 unspecified atom stereocenters. The molecule has 7 aromatic heterocycles. The third-order valence-corrected chi connectivity index (χ3v) is 23.1. The maximum atomic E-state index is 5.44. The van der Waals surface area contributed by atoms with E-state index in [0.29, 0.717) is 11.8 Å². The first-order valence-electron chi connectivity index (χ1n) is 31.9. The van der Waals surface area contributed by atoms with Crippen molar-refractivity contribution < 1.29 is 0 Å². The molecule has 4 nitrogen and oxygen atoms in total. The van der Waals surface area contributed by atoms with Crippen molar-refractivity contribution in [2.24, 2.45) is 23.7 Å². The van der Waals surface area contributed by atoms with Gasteiger partial charge in [0.15, 0.2) is 0 Å². The Labute approximate surface area is 475 Å². The Morgan fingerprint density at radius 3 is 1.01 bits per heavy atom. The summed E-state index contributed by atoms with van der Waals surface area (Å²) >= 11 is 9.91. The zero-order valence-corrected chi connectivity index (χ0v) is 52.8. The molecule has 0 fully saturated rings. The first kappa shape index (κ1) is 59.1. The van der Waals surface area contributed by atoms with E-state index < -0.39 is 0 Å². The molecule has 0 bridgehead atoms. The number of fused-ring (bicyclic) bond motifs is 14. The largest absolute Gasteiger partial charge is 0.337 e. The van der Waals surface area contributed by atoms with Crippen molar-refractivity contribution in [2.75, 3.05) is 0 Å². The highest BCUT2D eigenvalue weighted by molar-refractivity contribution is 7.34. The van der Waals surface area contributed by atoms with Crippen LogP contribution in [0.2, 0.25) is 0 Å². The Balaban J connectivity index is 1.38. The summed E-state index contributed by atoms with van der Waals surface area (Å²) in [7, 11) is 0. The molecule has 75 heavy (non-hydrogen) atoms. The lowest BCUT2D eigenvalue weighted by Gasteiger charge is -2.22. The average Bonchev–Trinajstić information content (AvgIpc) is 4.33. The molecule has 0 amide bonds. The summed E-state index contributed by atoms with van der Waals surface area (Å²) in [5.41, 5.74) is 11.7. The molecule has 0 aliphatic rings. The van der Waals surface area contributed by atoms with Gasteiger partial charge < -0.3 is 9.13 Å². The van der Waals surface area contributed by atoms with E-state index in [1.165, 1.54) is 283 Å². The van der Waals surface area contributed by atoms with Crippen molar-refractivity contribution in [1.29, 1.82) is 0 Å². The lowest BCUT2D eigenvalue weighted by Crippen LogP contribution is -2.14. The van der Waals surface area contributed by atoms with E-state index in [1.807, 2.05) is 0 Å². The molecule has 4 atom stereocenters. The van der Waals surface area contributed by atoms with Crippen LogP contribution in [-0.4, -0.2) is 17.9 Å². The summed E-state index contributed by atoms with van der Waals surface area (Å²) in [4.78, 5) is 0. The summed E-state index contributed by atoms with van der Waals surface area (Å²) in [6.07, 6.45) is 45.3. The molecule has 0 spiro atoms. The maximum absolute atomic E-state index is 5.44. The van der Waals surface area contributed by atoms with E-state index in [1.54, 1.807) is 29.9 Å². The lowest BCUT2D eigenvalue weighted by molar-refractivity contribution is 0.368. The van der Waals surface area contributed by atoms with Crippen molar-refractivity contribution in [1.82, 2.24) is 17.9 Å². The zero-order valence-electron chi connectivity index (χ0n) is 48.8. The second-order valence-electron chi connectivity index (χ2n) is 23.9. The molecule has 0 aliphatic carbocycles. The molecule has 0 radical (unpaired) electrons. The van der Waals surface area contributed by atoms with Gasteiger partial charge in [-0.2, -0.15) is 8.75 Å². The number of unbranched alkanes of at least 4 members (excludes halogenated alkanes) is 16.